The lowest BCUT2D eigenvalue weighted by atomic mass is 9.69. The minimum atomic E-state index is -0.767. The standard InChI is InChI=1S/C23H28N2O4/c1-4-11-24-17-13-23(2,3)14-19(27)20(17)18(26)10-7-12-25-21(28)15-8-5-6-9-16(15)22(25)29/h5-6,8-9,20H,4,7,10-14H2,1-3H3. The lowest BCUT2D eigenvalue weighted by Gasteiger charge is -2.34. The van der Waals surface area contributed by atoms with Crippen LogP contribution in [0.4, 0.5) is 0 Å². The Hall–Kier alpha value is -2.63. The molecule has 0 saturated heterocycles. The number of carbonyl (C=O) groups is 4. The minimum absolute atomic E-state index is 0.0677. The van der Waals surface area contributed by atoms with Crippen LogP contribution in [0.5, 0.6) is 0 Å². The van der Waals surface area contributed by atoms with Crippen LogP contribution >= 0.6 is 0 Å². The molecule has 1 saturated carbocycles. The van der Waals surface area contributed by atoms with Gasteiger partial charge in [0.25, 0.3) is 11.8 Å². The zero-order valence-electron chi connectivity index (χ0n) is 17.4. The van der Waals surface area contributed by atoms with Crippen molar-refractivity contribution in [3.63, 3.8) is 0 Å². The molecule has 3 rings (SSSR count). The van der Waals surface area contributed by atoms with Crippen molar-refractivity contribution in [3.8, 4) is 0 Å². The van der Waals surface area contributed by atoms with Gasteiger partial charge in [-0.15, -0.1) is 0 Å². The Bertz CT molecular complexity index is 850. The lowest BCUT2D eigenvalue weighted by Crippen LogP contribution is -2.42. The molecule has 0 N–H and O–H groups in total. The highest BCUT2D eigenvalue weighted by molar-refractivity contribution is 6.23. The SMILES string of the molecule is CCCN=C1CC(C)(C)CC(=O)C1C(=O)CCCN1C(=O)c2ccccc2C1=O. The van der Waals surface area contributed by atoms with Crippen LogP contribution in [0.25, 0.3) is 0 Å². The Kier molecular flexibility index (Phi) is 6.10. The zero-order valence-corrected chi connectivity index (χ0v) is 17.4. The van der Waals surface area contributed by atoms with Gasteiger partial charge in [-0.3, -0.25) is 29.1 Å². The second kappa shape index (κ2) is 8.39. The van der Waals surface area contributed by atoms with E-state index in [-0.39, 0.29) is 41.8 Å². The summed E-state index contributed by atoms with van der Waals surface area (Å²) < 4.78 is 0. The van der Waals surface area contributed by atoms with E-state index in [0.717, 1.165) is 6.42 Å². The molecular weight excluding hydrogens is 368 g/mol. The number of benzene rings is 1. The number of Topliss-reactive ketones (excluding diaryl/α,β-unsaturated/α-hetero) is 2. The van der Waals surface area contributed by atoms with Gasteiger partial charge in [-0.2, -0.15) is 0 Å². The normalized spacial score (nSPS) is 22.3. The van der Waals surface area contributed by atoms with E-state index < -0.39 is 5.92 Å². The summed E-state index contributed by atoms with van der Waals surface area (Å²) in [7, 11) is 0. The van der Waals surface area contributed by atoms with Crippen LogP contribution in [0.3, 0.4) is 0 Å². The summed E-state index contributed by atoms with van der Waals surface area (Å²) in [5, 5.41) is 0. The maximum atomic E-state index is 12.9. The van der Waals surface area contributed by atoms with Crippen LogP contribution in [0, 0.1) is 11.3 Å². The quantitative estimate of drug-likeness (QED) is 0.522. The van der Waals surface area contributed by atoms with Crippen molar-refractivity contribution in [2.75, 3.05) is 13.1 Å². The number of carbonyl (C=O) groups excluding carboxylic acids is 4. The number of hydrogen-bond donors (Lipinski definition) is 0. The van der Waals surface area contributed by atoms with Gasteiger partial charge in [-0.1, -0.05) is 32.9 Å². The summed E-state index contributed by atoms with van der Waals surface area (Å²) in [6.07, 6.45) is 2.37. The topological polar surface area (TPSA) is 83.9 Å². The highest BCUT2D eigenvalue weighted by atomic mass is 16.2. The third-order valence-corrected chi connectivity index (χ3v) is 5.51. The second-order valence-electron chi connectivity index (χ2n) is 8.67. The number of nitrogens with zero attached hydrogens (tertiary/aromatic N) is 2. The van der Waals surface area contributed by atoms with E-state index in [2.05, 4.69) is 4.99 Å². The van der Waals surface area contributed by atoms with Gasteiger partial charge in [0.15, 0.2) is 0 Å². The molecule has 1 aliphatic carbocycles. The monoisotopic (exact) mass is 396 g/mol. The Morgan fingerprint density at radius 2 is 1.72 bits per heavy atom. The number of ketones is 2. The van der Waals surface area contributed by atoms with E-state index in [9.17, 15) is 19.2 Å². The van der Waals surface area contributed by atoms with Crippen LogP contribution in [-0.2, 0) is 9.59 Å². The van der Waals surface area contributed by atoms with Crippen LogP contribution in [-0.4, -0.2) is 47.1 Å². The minimum Gasteiger partial charge on any atom is -0.298 e. The smallest absolute Gasteiger partial charge is 0.261 e. The fraction of sp³-hybridized carbons (Fsp3) is 0.522. The van der Waals surface area contributed by atoms with Crippen molar-refractivity contribution in [3.05, 3.63) is 35.4 Å². The molecule has 1 aromatic carbocycles. The molecule has 1 heterocycles. The Morgan fingerprint density at radius 3 is 2.31 bits per heavy atom. The van der Waals surface area contributed by atoms with Gasteiger partial charge in [-0.05, 0) is 36.8 Å². The van der Waals surface area contributed by atoms with Crippen LogP contribution in [0.15, 0.2) is 29.3 Å². The van der Waals surface area contributed by atoms with Crippen molar-refractivity contribution in [1.82, 2.24) is 4.90 Å². The van der Waals surface area contributed by atoms with E-state index in [1.165, 1.54) is 4.90 Å². The number of aliphatic imine (C=N–C) groups is 1. The molecule has 6 heteroatoms. The van der Waals surface area contributed by atoms with Crippen LogP contribution < -0.4 is 0 Å². The maximum absolute atomic E-state index is 12.9. The lowest BCUT2D eigenvalue weighted by molar-refractivity contribution is -0.132. The van der Waals surface area contributed by atoms with Crippen LogP contribution in [0.1, 0.15) is 73.6 Å². The van der Waals surface area contributed by atoms with Gasteiger partial charge in [0.05, 0.1) is 11.1 Å². The Morgan fingerprint density at radius 1 is 1.10 bits per heavy atom. The summed E-state index contributed by atoms with van der Waals surface area (Å²) in [6.45, 7) is 6.84. The first-order valence-corrected chi connectivity index (χ1v) is 10.3. The van der Waals surface area contributed by atoms with E-state index in [1.54, 1.807) is 24.3 Å². The average Bonchev–Trinajstić information content (AvgIpc) is 2.90. The van der Waals surface area contributed by atoms with Crippen molar-refractivity contribution in [2.24, 2.45) is 16.3 Å². The first kappa shape index (κ1) is 21.1. The predicted molar refractivity (Wildman–Crippen MR) is 110 cm³/mol. The number of imide groups is 1. The number of fused-ring (bicyclic) bond motifs is 1. The molecule has 0 aromatic heterocycles. The van der Waals surface area contributed by atoms with Gasteiger partial charge in [0, 0.05) is 31.6 Å². The van der Waals surface area contributed by atoms with E-state index in [4.69, 9.17) is 0 Å². The molecule has 1 fully saturated rings. The highest BCUT2D eigenvalue weighted by Crippen LogP contribution is 2.35. The van der Waals surface area contributed by atoms with Crippen molar-refractivity contribution < 1.29 is 19.2 Å². The first-order chi connectivity index (χ1) is 13.7. The fourth-order valence-corrected chi connectivity index (χ4v) is 4.18. The Balaban J connectivity index is 1.64. The largest absolute Gasteiger partial charge is 0.298 e. The second-order valence-corrected chi connectivity index (χ2v) is 8.67. The molecule has 2 aliphatic rings. The molecule has 154 valence electrons. The summed E-state index contributed by atoms with van der Waals surface area (Å²) in [4.78, 5) is 56.1. The number of hydrogen-bond acceptors (Lipinski definition) is 5. The summed E-state index contributed by atoms with van der Waals surface area (Å²) >= 11 is 0. The van der Waals surface area contributed by atoms with Gasteiger partial charge in [0.1, 0.15) is 17.5 Å². The van der Waals surface area contributed by atoms with Crippen molar-refractivity contribution in [2.45, 2.75) is 52.9 Å². The summed E-state index contributed by atoms with van der Waals surface area (Å²) in [5.41, 5.74) is 1.32. The van der Waals surface area contributed by atoms with Gasteiger partial charge >= 0.3 is 0 Å². The third kappa shape index (κ3) is 4.36. The van der Waals surface area contributed by atoms with Gasteiger partial charge in [0.2, 0.25) is 0 Å². The zero-order chi connectivity index (χ0) is 21.2. The molecule has 1 aromatic rings. The molecule has 0 radical (unpaired) electrons. The molecule has 6 nitrogen and oxygen atoms in total. The van der Waals surface area contributed by atoms with E-state index in [1.807, 2.05) is 20.8 Å². The van der Waals surface area contributed by atoms with E-state index >= 15 is 0 Å². The van der Waals surface area contributed by atoms with Crippen molar-refractivity contribution in [1.29, 1.82) is 0 Å². The molecule has 1 aliphatic heterocycles. The Labute approximate surface area is 171 Å². The van der Waals surface area contributed by atoms with Crippen LogP contribution in [0.2, 0.25) is 0 Å². The predicted octanol–water partition coefficient (Wildman–Crippen LogP) is 3.49. The number of rotatable bonds is 7. The molecule has 1 unspecified atom stereocenters. The fourth-order valence-electron chi connectivity index (χ4n) is 4.18. The first-order valence-electron chi connectivity index (χ1n) is 10.3. The van der Waals surface area contributed by atoms with Crippen molar-refractivity contribution >= 4 is 29.1 Å². The third-order valence-electron chi connectivity index (χ3n) is 5.51. The molecule has 29 heavy (non-hydrogen) atoms. The number of amides is 2. The molecule has 1 atom stereocenters. The highest BCUT2D eigenvalue weighted by Gasteiger charge is 2.41. The maximum Gasteiger partial charge on any atom is 0.261 e. The van der Waals surface area contributed by atoms with E-state index in [0.29, 0.717) is 42.6 Å². The summed E-state index contributed by atoms with van der Waals surface area (Å²) in [5.74, 6) is -1.63. The van der Waals surface area contributed by atoms with Gasteiger partial charge < -0.3 is 0 Å². The summed E-state index contributed by atoms with van der Waals surface area (Å²) in [6, 6.07) is 6.73. The van der Waals surface area contributed by atoms with Gasteiger partial charge in [-0.25, -0.2) is 0 Å². The molecule has 2 amide bonds. The molecular formula is C23H28N2O4. The average molecular weight is 396 g/mol. The molecule has 0 bridgehead atoms. The molecule has 0 spiro atoms.